The molecular weight excluding hydrogens is 467 g/mol. The summed E-state index contributed by atoms with van der Waals surface area (Å²) in [4.78, 5) is 19.2. The molecule has 2 aromatic carbocycles. The van der Waals surface area contributed by atoms with Crippen LogP contribution in [0.4, 0.5) is 13.2 Å². The maximum Gasteiger partial charge on any atom is 0.416 e. The molecule has 5 rings (SSSR count). The van der Waals surface area contributed by atoms with E-state index in [1.807, 2.05) is 6.07 Å². The van der Waals surface area contributed by atoms with Crippen molar-refractivity contribution < 1.29 is 23.1 Å². The predicted octanol–water partition coefficient (Wildman–Crippen LogP) is 3.68. The fraction of sp³-hybridized carbons (Fsp3) is 0.261. The van der Waals surface area contributed by atoms with Crippen molar-refractivity contribution in [3.63, 3.8) is 0 Å². The first-order valence-electron chi connectivity index (χ1n) is 10.6. The number of fused-ring (bicyclic) bond motifs is 1. The van der Waals surface area contributed by atoms with Gasteiger partial charge in [0.15, 0.2) is 5.17 Å². The number of aliphatic imine (C=N–C) groups is 1. The number of carbonyl (C=O) groups is 1. The Kier molecular flexibility index (Phi) is 5.82. The van der Waals surface area contributed by atoms with E-state index in [0.29, 0.717) is 15.6 Å². The van der Waals surface area contributed by atoms with Crippen molar-refractivity contribution >= 4 is 39.8 Å². The quantitative estimate of drug-likeness (QED) is 0.549. The molecule has 3 heterocycles. The number of hydrogen-bond acceptors (Lipinski definition) is 6. The van der Waals surface area contributed by atoms with E-state index in [1.165, 1.54) is 28.6 Å². The minimum absolute atomic E-state index is 0.00652. The minimum atomic E-state index is -4.59. The minimum Gasteiger partial charge on any atom is -0.508 e. The highest BCUT2D eigenvalue weighted by molar-refractivity contribution is 8.18. The topological polar surface area (TPSA) is 82.8 Å². The van der Waals surface area contributed by atoms with Crippen LogP contribution in [-0.2, 0) is 17.5 Å². The zero-order valence-electron chi connectivity index (χ0n) is 17.8. The Labute approximate surface area is 197 Å². The van der Waals surface area contributed by atoms with Gasteiger partial charge in [-0.3, -0.25) is 9.48 Å². The fourth-order valence-corrected chi connectivity index (χ4v) is 4.95. The van der Waals surface area contributed by atoms with Crippen LogP contribution in [0.15, 0.2) is 52.5 Å². The average Bonchev–Trinajstić information content (AvgIpc) is 3.38. The highest BCUT2D eigenvalue weighted by atomic mass is 32.2. The molecule has 0 spiro atoms. The van der Waals surface area contributed by atoms with E-state index in [9.17, 15) is 23.1 Å². The Morgan fingerprint density at radius 1 is 1.15 bits per heavy atom. The third kappa shape index (κ3) is 4.53. The van der Waals surface area contributed by atoms with Gasteiger partial charge in [-0.2, -0.15) is 23.3 Å². The van der Waals surface area contributed by atoms with E-state index in [1.54, 1.807) is 24.4 Å². The van der Waals surface area contributed by atoms with Crippen molar-refractivity contribution in [2.45, 2.75) is 12.7 Å². The number of nitrogens with zero attached hydrogens (tertiary/aromatic N) is 4. The van der Waals surface area contributed by atoms with Gasteiger partial charge < -0.3 is 15.3 Å². The lowest BCUT2D eigenvalue weighted by molar-refractivity contribution is -0.138. The molecule has 1 fully saturated rings. The summed E-state index contributed by atoms with van der Waals surface area (Å²) in [6.45, 7) is 3.20. The number of phenolic OH excluding ortho intramolecular Hbond substituents is 1. The van der Waals surface area contributed by atoms with Crippen LogP contribution in [0.2, 0.25) is 0 Å². The number of amidine groups is 1. The lowest BCUT2D eigenvalue weighted by Gasteiger charge is -2.27. The number of thioether (sulfide) groups is 1. The van der Waals surface area contributed by atoms with Gasteiger partial charge in [-0.25, -0.2) is 0 Å². The molecular formula is C23H20F3N5O2S. The van der Waals surface area contributed by atoms with Crippen LogP contribution in [-0.4, -0.2) is 57.0 Å². The lowest BCUT2D eigenvalue weighted by Crippen LogP contribution is -2.45. The summed E-state index contributed by atoms with van der Waals surface area (Å²) >= 11 is 1.35. The number of aromatic nitrogens is 2. The van der Waals surface area contributed by atoms with Gasteiger partial charge >= 0.3 is 6.18 Å². The number of benzene rings is 2. The van der Waals surface area contributed by atoms with Gasteiger partial charge in [-0.1, -0.05) is 12.1 Å². The number of piperazine rings is 1. The van der Waals surface area contributed by atoms with Gasteiger partial charge in [0.25, 0.3) is 5.91 Å². The largest absolute Gasteiger partial charge is 0.508 e. The van der Waals surface area contributed by atoms with Gasteiger partial charge in [0, 0.05) is 31.6 Å². The van der Waals surface area contributed by atoms with Crippen LogP contribution in [0, 0.1) is 0 Å². The summed E-state index contributed by atoms with van der Waals surface area (Å²) in [5, 5.41) is 18.5. The Hall–Kier alpha value is -3.31. The van der Waals surface area contributed by atoms with E-state index >= 15 is 0 Å². The average molecular weight is 488 g/mol. The number of amides is 1. The molecule has 1 saturated heterocycles. The van der Waals surface area contributed by atoms with Crippen molar-refractivity contribution in [1.29, 1.82) is 0 Å². The van der Waals surface area contributed by atoms with E-state index < -0.39 is 17.5 Å². The molecule has 1 amide bonds. The Morgan fingerprint density at radius 3 is 2.71 bits per heavy atom. The number of nitrogens with one attached hydrogen (secondary N) is 1. The SMILES string of the molecule is O=C1N=C(N2CCNCC2)S/C1=C\c1ccc2c(cnn2Cc2ccc(O)cc2C(F)(F)F)c1. The summed E-state index contributed by atoms with van der Waals surface area (Å²) in [5.74, 6) is -0.719. The maximum atomic E-state index is 13.4. The number of alkyl halides is 3. The smallest absolute Gasteiger partial charge is 0.416 e. The molecule has 0 atom stereocenters. The van der Waals surface area contributed by atoms with Gasteiger partial charge in [-0.05, 0) is 53.2 Å². The van der Waals surface area contributed by atoms with E-state index in [4.69, 9.17) is 0 Å². The second-order valence-corrected chi connectivity index (χ2v) is 9.02. The molecule has 1 aromatic heterocycles. The zero-order chi connectivity index (χ0) is 23.9. The summed E-state index contributed by atoms with van der Waals surface area (Å²) in [6.07, 6.45) is -1.24. The van der Waals surface area contributed by atoms with Crippen molar-refractivity contribution in [1.82, 2.24) is 20.0 Å². The first kappa shape index (κ1) is 22.5. The van der Waals surface area contributed by atoms with Crippen LogP contribution >= 0.6 is 11.8 Å². The van der Waals surface area contributed by atoms with Crippen LogP contribution < -0.4 is 5.32 Å². The molecule has 2 aliphatic heterocycles. The third-order valence-electron chi connectivity index (χ3n) is 5.68. The molecule has 7 nitrogen and oxygen atoms in total. The summed E-state index contributed by atoms with van der Waals surface area (Å²) in [7, 11) is 0. The molecule has 34 heavy (non-hydrogen) atoms. The molecule has 0 radical (unpaired) electrons. The van der Waals surface area contributed by atoms with Gasteiger partial charge in [0.05, 0.1) is 28.7 Å². The van der Waals surface area contributed by atoms with Gasteiger partial charge in [0.1, 0.15) is 5.75 Å². The zero-order valence-corrected chi connectivity index (χ0v) is 18.7. The molecule has 0 unspecified atom stereocenters. The summed E-state index contributed by atoms with van der Waals surface area (Å²) in [6, 6.07) is 8.61. The van der Waals surface area contributed by atoms with Crippen LogP contribution in [0.25, 0.3) is 17.0 Å². The van der Waals surface area contributed by atoms with E-state index in [-0.39, 0.29) is 18.0 Å². The van der Waals surface area contributed by atoms with Crippen molar-refractivity contribution in [3.8, 4) is 5.75 Å². The fourth-order valence-electron chi connectivity index (χ4n) is 3.99. The summed E-state index contributed by atoms with van der Waals surface area (Å²) in [5.41, 5.74) is 0.549. The highest BCUT2D eigenvalue weighted by Crippen LogP contribution is 2.35. The van der Waals surface area contributed by atoms with Crippen LogP contribution in [0.5, 0.6) is 5.75 Å². The van der Waals surface area contributed by atoms with Gasteiger partial charge in [-0.15, -0.1) is 0 Å². The number of rotatable bonds is 3. The van der Waals surface area contributed by atoms with Crippen LogP contribution in [0.1, 0.15) is 16.7 Å². The van der Waals surface area contributed by atoms with Crippen molar-refractivity contribution in [2.24, 2.45) is 4.99 Å². The number of hydrogen-bond donors (Lipinski definition) is 2. The number of phenols is 1. The molecule has 2 aliphatic rings. The summed E-state index contributed by atoms with van der Waals surface area (Å²) < 4.78 is 41.7. The predicted molar refractivity (Wildman–Crippen MR) is 124 cm³/mol. The first-order valence-corrected chi connectivity index (χ1v) is 11.4. The number of carbonyl (C=O) groups excluding carboxylic acids is 1. The first-order chi connectivity index (χ1) is 16.3. The van der Waals surface area contributed by atoms with Crippen molar-refractivity contribution in [2.75, 3.05) is 26.2 Å². The maximum absolute atomic E-state index is 13.4. The lowest BCUT2D eigenvalue weighted by atomic mass is 10.1. The molecule has 3 aromatic rings. The third-order valence-corrected chi connectivity index (χ3v) is 6.72. The number of halogens is 3. The Bertz CT molecular complexity index is 1330. The molecule has 2 N–H and O–H groups in total. The van der Waals surface area contributed by atoms with Crippen molar-refractivity contribution in [3.05, 3.63) is 64.2 Å². The highest BCUT2D eigenvalue weighted by Gasteiger charge is 2.34. The van der Waals surface area contributed by atoms with Gasteiger partial charge in [0.2, 0.25) is 0 Å². The standard InChI is InChI=1S/C23H20F3N5O2S/c24-23(25,26)18-11-17(32)3-2-15(18)13-31-19-4-1-14(9-16(19)12-28-31)10-20-21(33)29-22(34-20)30-7-5-27-6-8-30/h1-4,9-12,27,32H,5-8,13H2/b20-10-. The Balaban J connectivity index is 1.37. The van der Waals surface area contributed by atoms with E-state index in [0.717, 1.165) is 43.2 Å². The second kappa shape index (κ2) is 8.80. The second-order valence-electron chi connectivity index (χ2n) is 8.01. The molecule has 11 heteroatoms. The molecule has 176 valence electrons. The normalized spacial score (nSPS) is 18.2. The molecule has 0 aliphatic carbocycles. The molecule has 0 bridgehead atoms. The van der Waals surface area contributed by atoms with Crippen LogP contribution in [0.3, 0.4) is 0 Å². The Morgan fingerprint density at radius 2 is 1.94 bits per heavy atom. The molecule has 0 saturated carbocycles. The number of aromatic hydroxyl groups is 1. The van der Waals surface area contributed by atoms with E-state index in [2.05, 4.69) is 20.3 Å². The monoisotopic (exact) mass is 487 g/mol.